The number of carbonyl (C=O) groups is 1. The summed E-state index contributed by atoms with van der Waals surface area (Å²) >= 11 is 1.30. The van der Waals surface area contributed by atoms with E-state index in [-0.39, 0.29) is 18.0 Å². The maximum Gasteiger partial charge on any atom is 0.322 e. The number of carboxylic acids is 1. The van der Waals surface area contributed by atoms with Gasteiger partial charge in [-0.2, -0.15) is 11.3 Å². The molecule has 9 heteroatoms. The Morgan fingerprint density at radius 1 is 1.33 bits per heavy atom. The molecular formula is C12H13N3O4S2. The summed E-state index contributed by atoms with van der Waals surface area (Å²) in [7, 11) is -3.55. The quantitative estimate of drug-likeness (QED) is 0.703. The van der Waals surface area contributed by atoms with Crippen molar-refractivity contribution in [2.45, 2.75) is 11.4 Å². The Morgan fingerprint density at radius 3 is 2.81 bits per heavy atom. The molecule has 0 radical (unpaired) electrons. The summed E-state index contributed by atoms with van der Waals surface area (Å²) in [5, 5.41) is 14.4. The summed E-state index contributed by atoms with van der Waals surface area (Å²) in [4.78, 5) is 14.8. The molecule has 2 rings (SSSR count). The van der Waals surface area contributed by atoms with Gasteiger partial charge in [-0.15, -0.1) is 0 Å². The maximum atomic E-state index is 11.9. The normalized spacial score (nSPS) is 11.2. The number of thiophene rings is 1. The average Bonchev–Trinajstić information content (AvgIpc) is 2.98. The third-order valence-corrected chi connectivity index (χ3v) is 4.71. The van der Waals surface area contributed by atoms with Gasteiger partial charge in [0.15, 0.2) is 0 Å². The van der Waals surface area contributed by atoms with Crippen molar-refractivity contribution in [2.75, 3.05) is 11.9 Å². The number of hydrogen-bond donors (Lipinski definition) is 3. The highest BCUT2D eigenvalue weighted by molar-refractivity contribution is 7.89. The summed E-state index contributed by atoms with van der Waals surface area (Å²) in [6.45, 7) is -0.224. The molecule has 0 saturated carbocycles. The Morgan fingerprint density at radius 2 is 2.14 bits per heavy atom. The molecule has 0 aliphatic carbocycles. The van der Waals surface area contributed by atoms with Gasteiger partial charge in [0.2, 0.25) is 10.0 Å². The van der Waals surface area contributed by atoms with Crippen molar-refractivity contribution < 1.29 is 18.3 Å². The van der Waals surface area contributed by atoms with Crippen molar-refractivity contribution in [2.24, 2.45) is 0 Å². The highest BCUT2D eigenvalue weighted by atomic mass is 32.2. The molecule has 0 amide bonds. The van der Waals surface area contributed by atoms with Crippen LogP contribution in [0, 0.1) is 0 Å². The van der Waals surface area contributed by atoms with Gasteiger partial charge < -0.3 is 10.4 Å². The number of pyridine rings is 1. The fourth-order valence-electron chi connectivity index (χ4n) is 1.50. The van der Waals surface area contributed by atoms with Crippen LogP contribution in [-0.4, -0.2) is 31.0 Å². The van der Waals surface area contributed by atoms with Gasteiger partial charge in [-0.1, -0.05) is 6.07 Å². The van der Waals surface area contributed by atoms with Gasteiger partial charge in [-0.05, 0) is 23.6 Å². The molecule has 3 N–H and O–H groups in total. The molecule has 0 aliphatic heterocycles. The molecule has 2 aromatic heterocycles. The number of anilines is 1. The van der Waals surface area contributed by atoms with Crippen LogP contribution in [0.15, 0.2) is 39.9 Å². The van der Waals surface area contributed by atoms with Gasteiger partial charge in [0.05, 0.1) is 17.1 Å². The van der Waals surface area contributed by atoms with Gasteiger partial charge in [-0.3, -0.25) is 4.79 Å². The topological polar surface area (TPSA) is 108 Å². The minimum absolute atomic E-state index is 0.0285. The number of rotatable bonds is 7. The third-order valence-electron chi connectivity index (χ3n) is 2.48. The smallest absolute Gasteiger partial charge is 0.322 e. The molecule has 0 atom stereocenters. The first kappa shape index (κ1) is 15.4. The summed E-state index contributed by atoms with van der Waals surface area (Å²) < 4.78 is 26.3. The summed E-state index contributed by atoms with van der Waals surface area (Å²) in [6, 6.07) is 6.46. The Kier molecular flexibility index (Phi) is 4.89. The first-order chi connectivity index (χ1) is 9.97. The third kappa shape index (κ3) is 4.52. The van der Waals surface area contributed by atoms with E-state index in [1.165, 1.54) is 17.4 Å². The van der Waals surface area contributed by atoms with Crippen LogP contribution in [0.1, 0.15) is 5.69 Å². The van der Waals surface area contributed by atoms with Gasteiger partial charge in [0.25, 0.3) is 0 Å². The maximum absolute atomic E-state index is 11.9. The number of aromatic nitrogens is 1. The number of sulfonamides is 1. The zero-order chi connectivity index (χ0) is 15.3. The SMILES string of the molecule is O=C(O)CNc1cccc(CNS(=O)(=O)c2ccsc2)n1. The average molecular weight is 327 g/mol. The van der Waals surface area contributed by atoms with Gasteiger partial charge in [0, 0.05) is 5.38 Å². The van der Waals surface area contributed by atoms with Crippen molar-refractivity contribution in [3.05, 3.63) is 40.7 Å². The van der Waals surface area contributed by atoms with E-state index < -0.39 is 16.0 Å². The summed E-state index contributed by atoms with van der Waals surface area (Å²) in [6.07, 6.45) is 0. The number of nitrogens with one attached hydrogen (secondary N) is 2. The fraction of sp³-hybridized carbons (Fsp3) is 0.167. The molecule has 0 fully saturated rings. The van der Waals surface area contributed by atoms with Gasteiger partial charge in [0.1, 0.15) is 12.4 Å². The summed E-state index contributed by atoms with van der Waals surface area (Å²) in [5.41, 5.74) is 0.490. The van der Waals surface area contributed by atoms with E-state index in [1.54, 1.807) is 29.0 Å². The highest BCUT2D eigenvalue weighted by Gasteiger charge is 2.14. The Bertz CT molecular complexity index is 714. The Balaban J connectivity index is 2.00. The second kappa shape index (κ2) is 6.66. The van der Waals surface area contributed by atoms with Crippen LogP contribution < -0.4 is 10.0 Å². The number of hydrogen-bond acceptors (Lipinski definition) is 6. The highest BCUT2D eigenvalue weighted by Crippen LogP contribution is 2.13. The molecular weight excluding hydrogens is 314 g/mol. The van der Waals surface area contributed by atoms with E-state index in [0.29, 0.717) is 11.5 Å². The van der Waals surface area contributed by atoms with Crippen molar-refractivity contribution in [1.82, 2.24) is 9.71 Å². The lowest BCUT2D eigenvalue weighted by Crippen LogP contribution is -2.23. The van der Waals surface area contributed by atoms with Crippen LogP contribution in [0.5, 0.6) is 0 Å². The molecule has 21 heavy (non-hydrogen) atoms. The molecule has 0 spiro atoms. The summed E-state index contributed by atoms with van der Waals surface area (Å²) in [5.74, 6) is -0.620. The molecule has 112 valence electrons. The van der Waals surface area contributed by atoms with Crippen LogP contribution in [0.25, 0.3) is 0 Å². The van der Waals surface area contributed by atoms with Crippen molar-refractivity contribution in [3.63, 3.8) is 0 Å². The first-order valence-electron chi connectivity index (χ1n) is 5.91. The largest absolute Gasteiger partial charge is 0.480 e. The standard InChI is InChI=1S/C12H13N3O4S2/c16-12(17)7-13-11-3-1-2-9(15-11)6-14-21(18,19)10-4-5-20-8-10/h1-5,8,14H,6-7H2,(H,13,15)(H,16,17). The zero-order valence-corrected chi connectivity index (χ0v) is 12.4. The van der Waals surface area contributed by atoms with Gasteiger partial charge >= 0.3 is 5.97 Å². The van der Waals surface area contributed by atoms with Crippen molar-refractivity contribution in [1.29, 1.82) is 0 Å². The lowest BCUT2D eigenvalue weighted by Gasteiger charge is -2.07. The predicted molar refractivity (Wildman–Crippen MR) is 78.7 cm³/mol. The van der Waals surface area contributed by atoms with E-state index in [1.807, 2.05) is 0 Å². The van der Waals surface area contributed by atoms with E-state index in [2.05, 4.69) is 15.0 Å². The molecule has 0 aliphatic rings. The Hall–Kier alpha value is -1.97. The lowest BCUT2D eigenvalue weighted by atomic mass is 10.3. The molecule has 7 nitrogen and oxygen atoms in total. The number of carboxylic acid groups (broad SMARTS) is 1. The van der Waals surface area contributed by atoms with Crippen LogP contribution in [0.3, 0.4) is 0 Å². The molecule has 0 saturated heterocycles. The van der Waals surface area contributed by atoms with Crippen LogP contribution in [0.2, 0.25) is 0 Å². The van der Waals surface area contributed by atoms with Crippen molar-refractivity contribution in [3.8, 4) is 0 Å². The van der Waals surface area contributed by atoms with E-state index in [0.717, 1.165) is 0 Å². The zero-order valence-electron chi connectivity index (χ0n) is 10.8. The van der Waals surface area contributed by atoms with E-state index >= 15 is 0 Å². The number of nitrogens with zero attached hydrogens (tertiary/aromatic N) is 1. The monoisotopic (exact) mass is 327 g/mol. The minimum atomic E-state index is -3.55. The van der Waals surface area contributed by atoms with Crippen LogP contribution in [0.4, 0.5) is 5.82 Å². The van der Waals surface area contributed by atoms with E-state index in [9.17, 15) is 13.2 Å². The molecule has 0 aromatic carbocycles. The second-order valence-corrected chi connectivity index (χ2v) is 6.59. The molecule has 0 bridgehead atoms. The Labute approximate surface area is 125 Å². The lowest BCUT2D eigenvalue weighted by molar-refractivity contribution is -0.134. The first-order valence-corrected chi connectivity index (χ1v) is 8.33. The molecule has 2 aromatic rings. The van der Waals surface area contributed by atoms with E-state index in [4.69, 9.17) is 5.11 Å². The fourth-order valence-corrected chi connectivity index (χ4v) is 3.53. The predicted octanol–water partition coefficient (Wildman–Crippen LogP) is 1.12. The molecule has 0 unspecified atom stereocenters. The minimum Gasteiger partial charge on any atom is -0.480 e. The van der Waals surface area contributed by atoms with Crippen LogP contribution >= 0.6 is 11.3 Å². The molecule has 2 heterocycles. The van der Waals surface area contributed by atoms with Gasteiger partial charge in [-0.25, -0.2) is 18.1 Å². The second-order valence-electron chi connectivity index (χ2n) is 4.05. The van der Waals surface area contributed by atoms with Crippen molar-refractivity contribution >= 4 is 33.1 Å². The van der Waals surface area contributed by atoms with Crippen LogP contribution in [-0.2, 0) is 21.4 Å². The number of aliphatic carboxylic acids is 1.